The van der Waals surface area contributed by atoms with E-state index in [4.69, 9.17) is 4.74 Å². The molecule has 2 aromatic carbocycles. The Bertz CT molecular complexity index is 795. The number of hydrogen-bond acceptors (Lipinski definition) is 4. The first-order valence-electron chi connectivity index (χ1n) is 6.79. The average molecular weight is 394 g/mol. The second-order valence-corrected chi connectivity index (χ2v) is 6.58. The molecule has 1 aliphatic heterocycles. The number of rotatable bonds is 3. The largest absolute Gasteiger partial charge is 0.494 e. The Morgan fingerprint density at radius 2 is 2.17 bits per heavy atom. The van der Waals surface area contributed by atoms with Gasteiger partial charge in [0.25, 0.3) is 0 Å². The Morgan fingerprint density at radius 1 is 1.30 bits per heavy atom. The zero-order chi connectivity index (χ0) is 16.2. The van der Waals surface area contributed by atoms with Crippen molar-refractivity contribution in [3.05, 3.63) is 58.3 Å². The summed E-state index contributed by atoms with van der Waals surface area (Å²) in [6.45, 7) is 0. The van der Waals surface area contributed by atoms with E-state index < -0.39 is 5.82 Å². The Labute approximate surface area is 146 Å². The zero-order valence-electron chi connectivity index (χ0n) is 12.2. The number of ether oxygens (including phenoxy) is 1. The lowest BCUT2D eigenvalue weighted by atomic mass is 10.1. The lowest BCUT2D eigenvalue weighted by Gasteiger charge is -2.15. The molecule has 0 spiro atoms. The quantitative estimate of drug-likeness (QED) is 0.843. The molecule has 118 valence electrons. The van der Waals surface area contributed by atoms with Crippen LogP contribution in [0.2, 0.25) is 0 Å². The van der Waals surface area contributed by atoms with Crippen LogP contribution in [-0.2, 0) is 0 Å². The summed E-state index contributed by atoms with van der Waals surface area (Å²) < 4.78 is 19.7. The monoisotopic (exact) mass is 393 g/mol. The number of aliphatic imine (C=N–C) groups is 1. The van der Waals surface area contributed by atoms with Crippen LogP contribution in [-0.4, -0.2) is 23.7 Å². The van der Waals surface area contributed by atoms with Crippen LogP contribution in [0.15, 0.2) is 57.0 Å². The molecule has 3 rings (SSSR count). The molecule has 0 saturated heterocycles. The average Bonchev–Trinajstić information content (AvgIpc) is 2.55. The molecular weight excluding hydrogens is 381 g/mol. The Morgan fingerprint density at radius 3 is 2.83 bits per heavy atom. The van der Waals surface area contributed by atoms with Crippen molar-refractivity contribution in [2.24, 2.45) is 10.1 Å². The van der Waals surface area contributed by atoms with Crippen LogP contribution in [0.5, 0.6) is 5.75 Å². The topological polar surface area (TPSA) is 46.0 Å². The first kappa shape index (κ1) is 16.0. The Kier molecular flexibility index (Phi) is 4.97. The fourth-order valence-electron chi connectivity index (χ4n) is 2.03. The van der Waals surface area contributed by atoms with Crippen LogP contribution in [0, 0.1) is 5.82 Å². The van der Waals surface area contributed by atoms with E-state index in [1.54, 1.807) is 12.1 Å². The predicted octanol–water partition coefficient (Wildman–Crippen LogP) is 4.33. The van der Waals surface area contributed by atoms with E-state index in [1.807, 2.05) is 24.3 Å². The third-order valence-electron chi connectivity index (χ3n) is 3.16. The normalized spacial score (nSPS) is 16.0. The van der Waals surface area contributed by atoms with Gasteiger partial charge in [0.1, 0.15) is 0 Å². The van der Waals surface area contributed by atoms with Crippen molar-refractivity contribution in [3.63, 3.8) is 0 Å². The second-order valence-electron chi connectivity index (χ2n) is 4.71. The van der Waals surface area contributed by atoms with Gasteiger partial charge < -0.3 is 4.74 Å². The highest BCUT2D eigenvalue weighted by Crippen LogP contribution is 2.23. The van der Waals surface area contributed by atoms with Crippen LogP contribution >= 0.6 is 27.7 Å². The van der Waals surface area contributed by atoms with Crippen LogP contribution in [0.1, 0.15) is 5.56 Å². The van der Waals surface area contributed by atoms with Crippen LogP contribution in [0.4, 0.5) is 10.1 Å². The minimum atomic E-state index is -0.397. The van der Waals surface area contributed by atoms with Gasteiger partial charge in [0, 0.05) is 15.8 Å². The fourth-order valence-corrected chi connectivity index (χ4v) is 3.20. The van der Waals surface area contributed by atoms with Gasteiger partial charge in [-0.3, -0.25) is 5.43 Å². The first-order valence-corrected chi connectivity index (χ1v) is 8.57. The first-order chi connectivity index (χ1) is 11.2. The molecule has 0 fully saturated rings. The van der Waals surface area contributed by atoms with Crippen LogP contribution in [0.3, 0.4) is 0 Å². The summed E-state index contributed by atoms with van der Waals surface area (Å²) in [6.07, 6.45) is 0. The Balaban J connectivity index is 1.77. The van der Waals surface area contributed by atoms with Crippen molar-refractivity contribution >= 4 is 44.3 Å². The van der Waals surface area contributed by atoms with Crippen molar-refractivity contribution in [1.82, 2.24) is 5.43 Å². The van der Waals surface area contributed by atoms with Gasteiger partial charge in [0.2, 0.25) is 0 Å². The second kappa shape index (κ2) is 7.14. The molecule has 0 radical (unpaired) electrons. The number of benzene rings is 2. The summed E-state index contributed by atoms with van der Waals surface area (Å²) in [6, 6.07) is 12.5. The number of thioether (sulfide) groups is 1. The van der Waals surface area contributed by atoms with Crippen molar-refractivity contribution < 1.29 is 9.13 Å². The van der Waals surface area contributed by atoms with E-state index in [-0.39, 0.29) is 5.75 Å². The number of hydrazone groups is 1. The van der Waals surface area contributed by atoms with Gasteiger partial charge in [-0.1, -0.05) is 33.8 Å². The van der Waals surface area contributed by atoms with E-state index in [2.05, 4.69) is 31.4 Å². The van der Waals surface area contributed by atoms with Gasteiger partial charge in [-0.25, -0.2) is 9.38 Å². The number of methoxy groups -OCH3 is 1. The summed E-state index contributed by atoms with van der Waals surface area (Å²) in [5.41, 5.74) is 5.25. The SMILES string of the molecule is COc1ccc(C2=NNC(=Nc3cccc(Br)c3)SC2)cc1F. The molecule has 7 heteroatoms. The molecule has 23 heavy (non-hydrogen) atoms. The summed E-state index contributed by atoms with van der Waals surface area (Å²) in [5.74, 6) is 0.444. The Hall–Kier alpha value is -1.86. The van der Waals surface area contributed by atoms with Gasteiger partial charge in [0.05, 0.1) is 18.5 Å². The number of hydrogen-bond donors (Lipinski definition) is 1. The summed E-state index contributed by atoms with van der Waals surface area (Å²) >= 11 is 4.94. The van der Waals surface area contributed by atoms with Crippen LogP contribution < -0.4 is 10.2 Å². The van der Waals surface area contributed by atoms with E-state index in [0.29, 0.717) is 10.9 Å². The molecule has 0 bridgehead atoms. The maximum absolute atomic E-state index is 13.8. The third-order valence-corrected chi connectivity index (χ3v) is 4.52. The maximum atomic E-state index is 13.8. The number of nitrogens with one attached hydrogen (secondary N) is 1. The van der Waals surface area contributed by atoms with Gasteiger partial charge >= 0.3 is 0 Å². The lowest BCUT2D eigenvalue weighted by molar-refractivity contribution is 0.386. The van der Waals surface area contributed by atoms with E-state index >= 15 is 0 Å². The van der Waals surface area contributed by atoms with Gasteiger partial charge in [-0.2, -0.15) is 5.10 Å². The molecule has 0 atom stereocenters. The van der Waals surface area contributed by atoms with Crippen molar-refractivity contribution in [3.8, 4) is 5.75 Å². The lowest BCUT2D eigenvalue weighted by Crippen LogP contribution is -2.25. The van der Waals surface area contributed by atoms with Gasteiger partial charge in [0.15, 0.2) is 16.7 Å². The van der Waals surface area contributed by atoms with Crippen molar-refractivity contribution in [1.29, 1.82) is 0 Å². The molecule has 0 amide bonds. The minimum absolute atomic E-state index is 0.225. The molecule has 0 unspecified atom stereocenters. The summed E-state index contributed by atoms with van der Waals surface area (Å²) in [5, 5.41) is 5.00. The molecule has 4 nitrogen and oxygen atoms in total. The molecule has 1 aliphatic rings. The molecule has 0 aliphatic carbocycles. The minimum Gasteiger partial charge on any atom is -0.494 e. The van der Waals surface area contributed by atoms with Crippen molar-refractivity contribution in [2.45, 2.75) is 0 Å². The number of halogens is 2. The zero-order valence-corrected chi connectivity index (χ0v) is 14.6. The smallest absolute Gasteiger partial charge is 0.182 e. The standard InChI is InChI=1S/C16H13BrFN3OS/c1-22-15-6-5-10(7-13(15)18)14-9-23-16(21-20-14)19-12-4-2-3-11(17)8-12/h2-8H,9H2,1H3,(H,19,21). The molecule has 1 N–H and O–H groups in total. The maximum Gasteiger partial charge on any atom is 0.182 e. The van der Waals surface area contributed by atoms with Crippen molar-refractivity contribution in [2.75, 3.05) is 12.9 Å². The van der Waals surface area contributed by atoms with E-state index in [1.165, 1.54) is 24.9 Å². The predicted molar refractivity (Wildman–Crippen MR) is 96.3 cm³/mol. The fraction of sp³-hybridized carbons (Fsp3) is 0.125. The van der Waals surface area contributed by atoms with Crippen LogP contribution in [0.25, 0.3) is 0 Å². The van der Waals surface area contributed by atoms with E-state index in [9.17, 15) is 4.39 Å². The third kappa shape index (κ3) is 3.92. The molecule has 2 aromatic rings. The highest BCUT2D eigenvalue weighted by atomic mass is 79.9. The van der Waals surface area contributed by atoms with Gasteiger partial charge in [-0.05, 0) is 36.4 Å². The number of nitrogens with zero attached hydrogens (tertiary/aromatic N) is 2. The number of amidine groups is 1. The molecule has 0 saturated carbocycles. The summed E-state index contributed by atoms with van der Waals surface area (Å²) in [7, 11) is 1.44. The molecular formula is C16H13BrFN3OS. The highest BCUT2D eigenvalue weighted by Gasteiger charge is 2.15. The molecule has 1 heterocycles. The van der Waals surface area contributed by atoms with Gasteiger partial charge in [-0.15, -0.1) is 0 Å². The summed E-state index contributed by atoms with van der Waals surface area (Å²) in [4.78, 5) is 4.49. The highest BCUT2D eigenvalue weighted by molar-refractivity contribution is 9.10. The van der Waals surface area contributed by atoms with E-state index in [0.717, 1.165) is 21.4 Å². The molecule has 0 aromatic heterocycles.